The molecule has 0 saturated heterocycles. The maximum atomic E-state index is 5.69. The molecule has 0 amide bonds. The molecule has 0 heterocycles. The lowest BCUT2D eigenvalue weighted by atomic mass is 9.66. The van der Waals surface area contributed by atoms with E-state index in [2.05, 4.69) is 214 Å². The molecule has 0 radical (unpaired) electrons. The van der Waals surface area contributed by atoms with Crippen molar-refractivity contribution in [1.82, 2.24) is 0 Å². The number of halogens is 8. The molecule has 0 aliphatic heterocycles. The molecule has 70 heavy (non-hydrogen) atoms. The van der Waals surface area contributed by atoms with Crippen molar-refractivity contribution in [1.29, 1.82) is 0 Å². The van der Waals surface area contributed by atoms with Gasteiger partial charge >= 0.3 is 0 Å². The largest absolute Gasteiger partial charge is 0.493 e. The Bertz CT molecular complexity index is 2360. The van der Waals surface area contributed by atoms with Gasteiger partial charge in [0.25, 0.3) is 0 Å². The van der Waals surface area contributed by atoms with E-state index in [-0.39, 0.29) is 10.8 Å². The molecule has 372 valence electrons. The number of unbranched alkanes of at least 4 members (excludes halogenated alkanes) is 10. The third-order valence-corrected chi connectivity index (χ3v) is 18.0. The van der Waals surface area contributed by atoms with E-state index < -0.39 is 0 Å². The Kier molecular flexibility index (Phi) is 22.2. The first-order valence-electron chi connectivity index (χ1n) is 25.2. The highest BCUT2D eigenvalue weighted by Gasteiger charge is 2.46. The molecule has 2 aliphatic rings. The number of hydrogen-bond acceptors (Lipinski definition) is 2. The van der Waals surface area contributed by atoms with E-state index in [0.29, 0.717) is 13.2 Å². The Balaban J connectivity index is 0.000000287. The maximum Gasteiger partial charge on any atom is 0.121 e. The Morgan fingerprint density at radius 3 is 0.900 bits per heavy atom. The summed E-state index contributed by atoms with van der Waals surface area (Å²) in [6.45, 7) is 5.85. The molecule has 0 saturated carbocycles. The third kappa shape index (κ3) is 14.6. The van der Waals surface area contributed by atoms with Gasteiger partial charge in [-0.2, -0.15) is 0 Å². The van der Waals surface area contributed by atoms with Crippen molar-refractivity contribution in [2.24, 2.45) is 0 Å². The highest BCUT2D eigenvalue weighted by molar-refractivity contribution is 9.12. The molecule has 6 aromatic rings. The van der Waals surface area contributed by atoms with Gasteiger partial charge in [0.1, 0.15) is 11.5 Å². The van der Waals surface area contributed by atoms with Crippen LogP contribution >= 0.6 is 127 Å². The van der Waals surface area contributed by atoms with Crippen LogP contribution in [0.15, 0.2) is 145 Å². The lowest BCUT2D eigenvalue weighted by molar-refractivity contribution is 0.247. The molecule has 0 bridgehead atoms. The van der Waals surface area contributed by atoms with Crippen molar-refractivity contribution >= 4 is 127 Å². The summed E-state index contributed by atoms with van der Waals surface area (Å²) in [6.07, 6.45) is 22.6. The van der Waals surface area contributed by atoms with Crippen LogP contribution < -0.4 is 9.47 Å². The second-order valence-corrected chi connectivity index (χ2v) is 26.4. The smallest absolute Gasteiger partial charge is 0.121 e. The zero-order chi connectivity index (χ0) is 49.7. The molecule has 0 spiro atoms. The van der Waals surface area contributed by atoms with E-state index in [1.165, 1.54) is 172 Å². The number of benzene rings is 6. The van der Waals surface area contributed by atoms with Crippen molar-refractivity contribution in [3.8, 4) is 33.8 Å². The molecule has 0 atom stereocenters. The minimum absolute atomic E-state index is 0.0170. The molecule has 6 aromatic carbocycles. The van der Waals surface area contributed by atoms with Crippen molar-refractivity contribution in [3.05, 3.63) is 167 Å². The summed E-state index contributed by atoms with van der Waals surface area (Å²) in [7, 11) is 0. The van der Waals surface area contributed by atoms with Crippen molar-refractivity contribution < 1.29 is 9.47 Å². The zero-order valence-electron chi connectivity index (χ0n) is 40.4. The average Bonchev–Trinajstić information content (AvgIpc) is 3.72. The van der Waals surface area contributed by atoms with Gasteiger partial charge in [0.05, 0.1) is 13.2 Å². The molecular weight excluding hydrogens is 1390 g/mol. The summed E-state index contributed by atoms with van der Waals surface area (Å²) >= 11 is 29.3. The van der Waals surface area contributed by atoms with E-state index in [0.717, 1.165) is 35.8 Å². The fourth-order valence-electron chi connectivity index (χ4n) is 11.0. The first kappa shape index (κ1) is 56.5. The standard InChI is InChI=1S/C45H52Br4.C15H12Br4O2/c1-3-5-7-9-11-13-24-44(40-28-32(46)16-20-36(40)37-21-17-33(47)29-41(37)44)26-15-27-45(25-14-12-10-8-6-4-2)42-30-34(48)18-22-38(42)39-23-19-35(49)31-43(39)45;16-10-4-11(17)7-14(6-10)20-2-1-3-21-15-8-12(18)5-13(19)9-15/h16-23,28-31H,3-15,24-27H2,1-2H3;4-9H,1-3H2. The quantitative estimate of drug-likeness (QED) is 0.0562. The molecule has 10 heteroatoms. The molecule has 0 fully saturated rings. The van der Waals surface area contributed by atoms with Gasteiger partial charge in [0.15, 0.2) is 0 Å². The van der Waals surface area contributed by atoms with Crippen LogP contribution in [0.25, 0.3) is 22.3 Å². The monoisotopic (exact) mass is 1450 g/mol. The van der Waals surface area contributed by atoms with E-state index in [9.17, 15) is 0 Å². The van der Waals surface area contributed by atoms with Crippen molar-refractivity contribution in [2.45, 2.75) is 140 Å². The average molecular weight is 1460 g/mol. The van der Waals surface area contributed by atoms with Crippen LogP contribution in [0.1, 0.15) is 152 Å². The third-order valence-electron chi connectivity index (χ3n) is 14.2. The van der Waals surface area contributed by atoms with Crippen LogP contribution in [0.5, 0.6) is 11.5 Å². The predicted octanol–water partition coefficient (Wildman–Crippen LogP) is 23.2. The van der Waals surface area contributed by atoms with Gasteiger partial charge in [-0.05, 0) is 155 Å². The van der Waals surface area contributed by atoms with Gasteiger partial charge in [-0.1, -0.05) is 249 Å². The molecule has 0 unspecified atom stereocenters. The summed E-state index contributed by atoms with van der Waals surface area (Å²) < 4.78 is 20.1. The van der Waals surface area contributed by atoms with Crippen molar-refractivity contribution in [3.63, 3.8) is 0 Å². The van der Waals surface area contributed by atoms with Gasteiger partial charge in [-0.3, -0.25) is 0 Å². The van der Waals surface area contributed by atoms with E-state index in [1.54, 1.807) is 0 Å². The highest BCUT2D eigenvalue weighted by atomic mass is 79.9. The number of rotatable bonds is 24. The summed E-state index contributed by atoms with van der Waals surface area (Å²) in [5, 5.41) is 0. The van der Waals surface area contributed by atoms with Crippen LogP contribution in [-0.4, -0.2) is 13.2 Å². The van der Waals surface area contributed by atoms with Crippen LogP contribution in [-0.2, 0) is 10.8 Å². The van der Waals surface area contributed by atoms with Gasteiger partial charge < -0.3 is 9.47 Å². The Morgan fingerprint density at radius 1 is 0.300 bits per heavy atom. The molecule has 8 rings (SSSR count). The Hall–Kier alpha value is -1.24. The molecule has 2 aliphatic carbocycles. The number of ether oxygens (including phenoxy) is 2. The van der Waals surface area contributed by atoms with E-state index in [1.807, 2.05) is 36.4 Å². The minimum Gasteiger partial charge on any atom is -0.493 e. The van der Waals surface area contributed by atoms with Crippen molar-refractivity contribution in [2.75, 3.05) is 13.2 Å². The second kappa shape index (κ2) is 27.5. The fourth-order valence-corrected chi connectivity index (χ4v) is 14.9. The normalized spacial score (nSPS) is 13.5. The molecular formula is C60H64Br8O2. The lowest BCUT2D eigenvalue weighted by Gasteiger charge is -2.37. The Labute approximate surface area is 486 Å². The maximum absolute atomic E-state index is 5.69. The van der Waals surface area contributed by atoms with Crippen LogP contribution in [0, 0.1) is 0 Å². The lowest BCUT2D eigenvalue weighted by Crippen LogP contribution is -2.29. The summed E-state index contributed by atoms with van der Waals surface area (Å²) in [4.78, 5) is 0. The SMILES string of the molecule is Brc1cc(Br)cc(OCCCOc2cc(Br)cc(Br)c2)c1.CCCCCCCCC1(CCCC2(CCCCCCCC)c3cc(Br)ccc3-c3ccc(Br)cc32)c2cc(Br)ccc2-c2ccc(Br)cc21. The number of hydrogen-bond donors (Lipinski definition) is 0. The Morgan fingerprint density at radius 2 is 0.586 bits per heavy atom. The minimum atomic E-state index is 0.0170. The van der Waals surface area contributed by atoms with Crippen LogP contribution in [0.3, 0.4) is 0 Å². The van der Waals surface area contributed by atoms with Gasteiger partial charge in [0, 0.05) is 53.0 Å². The van der Waals surface area contributed by atoms with Crippen LogP contribution in [0.2, 0.25) is 0 Å². The fraction of sp³-hybridized carbons (Fsp3) is 0.400. The first-order chi connectivity index (χ1) is 33.8. The number of fused-ring (bicyclic) bond motifs is 6. The van der Waals surface area contributed by atoms with E-state index >= 15 is 0 Å². The summed E-state index contributed by atoms with van der Waals surface area (Å²) in [5.74, 6) is 1.67. The van der Waals surface area contributed by atoms with Crippen LogP contribution in [0.4, 0.5) is 0 Å². The molecule has 0 aromatic heterocycles. The van der Waals surface area contributed by atoms with Gasteiger partial charge in [-0.25, -0.2) is 0 Å². The van der Waals surface area contributed by atoms with E-state index in [4.69, 9.17) is 9.47 Å². The highest BCUT2D eigenvalue weighted by Crippen LogP contribution is 2.59. The molecule has 2 nitrogen and oxygen atoms in total. The summed E-state index contributed by atoms with van der Waals surface area (Å²) in [5.41, 5.74) is 11.9. The topological polar surface area (TPSA) is 18.5 Å². The van der Waals surface area contributed by atoms with Gasteiger partial charge in [0.2, 0.25) is 0 Å². The molecule has 0 N–H and O–H groups in total. The summed E-state index contributed by atoms with van der Waals surface area (Å²) in [6, 6.07) is 40.0. The first-order valence-corrected chi connectivity index (χ1v) is 31.6. The predicted molar refractivity (Wildman–Crippen MR) is 325 cm³/mol. The second-order valence-electron chi connectivity index (χ2n) is 19.1. The zero-order valence-corrected chi connectivity index (χ0v) is 53.1. The van der Waals surface area contributed by atoms with Gasteiger partial charge in [-0.15, -0.1) is 0 Å².